The van der Waals surface area contributed by atoms with Crippen LogP contribution < -0.4 is 5.32 Å². The molecule has 4 nitrogen and oxygen atoms in total. The first-order valence-corrected chi connectivity index (χ1v) is 8.66. The molecule has 0 aromatic heterocycles. The van der Waals surface area contributed by atoms with Gasteiger partial charge in [-0.05, 0) is 14.1 Å². The minimum atomic E-state index is -5.91. The molecule has 0 saturated carbocycles. The molecule has 0 radical (unpaired) electrons. The zero-order valence-electron chi connectivity index (χ0n) is 14.1. The molecule has 28 heavy (non-hydrogen) atoms. The first-order valence-electron chi connectivity index (χ1n) is 7.15. The van der Waals surface area contributed by atoms with Crippen molar-refractivity contribution in [2.24, 2.45) is 0 Å². The SMILES string of the molecule is CNC.O=S(=O)(O)C(F)C(F)C(F)C(F)C(F)C(F)C(F)C(F)C(F)C(F)F. The van der Waals surface area contributed by atoms with E-state index >= 15 is 0 Å². The molecule has 0 aromatic rings. The topological polar surface area (TPSA) is 66.4 Å². The van der Waals surface area contributed by atoms with Crippen LogP contribution in [-0.2, 0) is 10.1 Å². The molecule has 9 atom stereocenters. The second-order valence-electron chi connectivity index (χ2n) is 5.26. The monoisotopic (exact) mass is 465 g/mol. The summed E-state index contributed by atoms with van der Waals surface area (Å²) in [6.07, 6.45) is -36.8. The van der Waals surface area contributed by atoms with Gasteiger partial charge in [0.2, 0.25) is 0 Å². The smallest absolute Gasteiger partial charge is 0.300 e. The molecule has 0 aliphatic heterocycles. The Labute approximate surface area is 153 Å². The molecule has 2 N–H and O–H groups in total. The summed E-state index contributed by atoms with van der Waals surface area (Å²) in [5.74, 6) is 0. The van der Waals surface area contributed by atoms with Crippen molar-refractivity contribution < 1.29 is 61.3 Å². The summed E-state index contributed by atoms with van der Waals surface area (Å²) >= 11 is 0. The second kappa shape index (κ2) is 12.6. The third-order valence-electron chi connectivity index (χ3n) is 2.91. The molecule has 0 aliphatic rings. The summed E-state index contributed by atoms with van der Waals surface area (Å²) < 4.78 is 169. The van der Waals surface area contributed by atoms with E-state index in [0.717, 1.165) is 0 Å². The van der Waals surface area contributed by atoms with E-state index in [9.17, 15) is 56.7 Å². The molecule has 0 fully saturated rings. The molecule has 0 saturated heterocycles. The van der Waals surface area contributed by atoms with Crippen molar-refractivity contribution in [3.05, 3.63) is 0 Å². The Hall–Kier alpha value is -0.900. The fourth-order valence-electron chi connectivity index (χ4n) is 1.50. The maximum absolute atomic E-state index is 13.2. The summed E-state index contributed by atoms with van der Waals surface area (Å²) in [5.41, 5.74) is -4.12. The van der Waals surface area contributed by atoms with Gasteiger partial charge >= 0.3 is 10.1 Å². The van der Waals surface area contributed by atoms with Crippen LogP contribution in [-0.4, -0.2) is 88.4 Å². The maximum atomic E-state index is 13.2. The summed E-state index contributed by atoms with van der Waals surface area (Å²) in [7, 11) is -2.16. The first-order chi connectivity index (χ1) is 12.6. The molecular formula is C12H18F11NO3S. The number of alkyl halides is 11. The van der Waals surface area contributed by atoms with Crippen LogP contribution in [0.3, 0.4) is 0 Å². The molecule has 0 amide bonds. The minimum absolute atomic E-state index is 1.88. The van der Waals surface area contributed by atoms with E-state index in [-0.39, 0.29) is 0 Å². The van der Waals surface area contributed by atoms with Gasteiger partial charge in [0, 0.05) is 0 Å². The van der Waals surface area contributed by atoms with Gasteiger partial charge in [0.15, 0.2) is 49.4 Å². The number of halogens is 11. The highest BCUT2D eigenvalue weighted by molar-refractivity contribution is 7.86. The van der Waals surface area contributed by atoms with Gasteiger partial charge in [-0.15, -0.1) is 0 Å². The van der Waals surface area contributed by atoms with Gasteiger partial charge < -0.3 is 5.32 Å². The quantitative estimate of drug-likeness (QED) is 0.385. The lowest BCUT2D eigenvalue weighted by atomic mass is 9.98. The average Bonchev–Trinajstić information content (AvgIpc) is 2.62. The lowest BCUT2D eigenvalue weighted by molar-refractivity contribution is -0.0715. The Morgan fingerprint density at radius 1 is 0.571 bits per heavy atom. The molecule has 0 spiro atoms. The van der Waals surface area contributed by atoms with Crippen molar-refractivity contribution >= 4 is 10.1 Å². The number of rotatable bonds is 10. The van der Waals surface area contributed by atoms with Crippen LogP contribution in [0.4, 0.5) is 48.3 Å². The van der Waals surface area contributed by atoms with Gasteiger partial charge in [-0.1, -0.05) is 0 Å². The molecule has 9 unspecified atom stereocenters. The van der Waals surface area contributed by atoms with Crippen LogP contribution in [0.1, 0.15) is 0 Å². The predicted molar refractivity (Wildman–Crippen MR) is 76.6 cm³/mol. The van der Waals surface area contributed by atoms with Crippen molar-refractivity contribution in [3.8, 4) is 0 Å². The Balaban J connectivity index is 0. The third kappa shape index (κ3) is 8.63. The lowest BCUT2D eigenvalue weighted by Crippen LogP contribution is -2.49. The standard InChI is InChI=1S/C10H11F11O3S.C2H7N/c11-1(3(13)5(15)7(17)9(19)20)2(12)4(14)6(16)8(18)10(21)25(22,23)24;1-3-2/h1-10H,(H,22,23,24);3H,1-2H3. The van der Waals surface area contributed by atoms with Crippen LogP contribution in [0.2, 0.25) is 0 Å². The fraction of sp³-hybridized carbons (Fsp3) is 1.00. The number of hydrogen-bond acceptors (Lipinski definition) is 3. The van der Waals surface area contributed by atoms with Crippen LogP contribution >= 0.6 is 0 Å². The van der Waals surface area contributed by atoms with Gasteiger partial charge in [-0.2, -0.15) is 8.42 Å². The van der Waals surface area contributed by atoms with Gasteiger partial charge in [0.05, 0.1) is 0 Å². The van der Waals surface area contributed by atoms with Gasteiger partial charge in [0.25, 0.3) is 11.9 Å². The summed E-state index contributed by atoms with van der Waals surface area (Å²) in [6.45, 7) is 0. The Kier molecular flexibility index (Phi) is 13.2. The minimum Gasteiger partial charge on any atom is -0.323 e. The van der Waals surface area contributed by atoms with Crippen LogP contribution in [0.15, 0.2) is 0 Å². The van der Waals surface area contributed by atoms with Gasteiger partial charge in [-0.25, -0.2) is 48.3 Å². The fourth-order valence-corrected chi connectivity index (χ4v) is 1.98. The lowest BCUT2D eigenvalue weighted by Gasteiger charge is -2.26. The molecule has 172 valence electrons. The zero-order chi connectivity index (χ0) is 23.0. The molecule has 0 aromatic carbocycles. The Bertz CT molecular complexity index is 529. The van der Waals surface area contributed by atoms with Crippen LogP contribution in [0.25, 0.3) is 0 Å². The van der Waals surface area contributed by atoms with E-state index in [4.69, 9.17) is 4.55 Å². The van der Waals surface area contributed by atoms with E-state index in [1.54, 1.807) is 0 Å². The second-order valence-corrected chi connectivity index (χ2v) is 6.74. The molecule has 0 heterocycles. The van der Waals surface area contributed by atoms with E-state index < -0.39 is 71.4 Å². The van der Waals surface area contributed by atoms with Gasteiger partial charge in [-0.3, -0.25) is 4.55 Å². The van der Waals surface area contributed by atoms with E-state index in [2.05, 4.69) is 5.32 Å². The molecule has 0 rings (SSSR count). The highest BCUT2D eigenvalue weighted by Crippen LogP contribution is 2.30. The van der Waals surface area contributed by atoms with Crippen LogP contribution in [0, 0.1) is 0 Å². The van der Waals surface area contributed by atoms with Crippen molar-refractivity contribution in [2.75, 3.05) is 14.1 Å². The summed E-state index contributed by atoms with van der Waals surface area (Å²) in [4.78, 5) is 0. The summed E-state index contributed by atoms with van der Waals surface area (Å²) in [6, 6.07) is 0. The van der Waals surface area contributed by atoms with Crippen molar-refractivity contribution in [2.45, 2.75) is 61.3 Å². The highest BCUT2D eigenvalue weighted by Gasteiger charge is 2.51. The zero-order valence-corrected chi connectivity index (χ0v) is 14.9. The normalized spacial score (nSPS) is 22.1. The summed E-state index contributed by atoms with van der Waals surface area (Å²) in [5, 5.41) is 2.75. The number of hydrogen-bond donors (Lipinski definition) is 2. The van der Waals surface area contributed by atoms with E-state index in [0.29, 0.717) is 0 Å². The Morgan fingerprint density at radius 3 is 1.00 bits per heavy atom. The van der Waals surface area contributed by atoms with Crippen LogP contribution in [0.5, 0.6) is 0 Å². The van der Waals surface area contributed by atoms with Crippen molar-refractivity contribution in [1.29, 1.82) is 0 Å². The molecule has 0 bridgehead atoms. The highest BCUT2D eigenvalue weighted by atomic mass is 32.2. The maximum Gasteiger partial charge on any atom is 0.300 e. The Morgan fingerprint density at radius 2 is 0.786 bits per heavy atom. The predicted octanol–water partition coefficient (Wildman–Crippen LogP) is 2.98. The van der Waals surface area contributed by atoms with Crippen molar-refractivity contribution in [1.82, 2.24) is 5.32 Å². The number of nitrogens with one attached hydrogen (secondary N) is 1. The van der Waals surface area contributed by atoms with E-state index in [1.807, 2.05) is 14.1 Å². The average molecular weight is 465 g/mol. The van der Waals surface area contributed by atoms with E-state index in [1.165, 1.54) is 0 Å². The molecular weight excluding hydrogens is 447 g/mol. The first kappa shape index (κ1) is 29.3. The third-order valence-corrected chi connectivity index (χ3v) is 3.73. The largest absolute Gasteiger partial charge is 0.323 e. The van der Waals surface area contributed by atoms with Crippen molar-refractivity contribution in [3.63, 3.8) is 0 Å². The molecule has 0 aliphatic carbocycles. The molecule has 16 heteroatoms. The van der Waals surface area contributed by atoms with Gasteiger partial charge in [0.1, 0.15) is 0 Å².